The highest BCUT2D eigenvalue weighted by Gasteiger charge is 2.27. The zero-order chi connectivity index (χ0) is 22.7. The van der Waals surface area contributed by atoms with E-state index in [2.05, 4.69) is 5.32 Å². The van der Waals surface area contributed by atoms with Gasteiger partial charge in [0, 0.05) is 19.6 Å². The number of carbonyl (C=O) groups is 2. The van der Waals surface area contributed by atoms with E-state index in [0.717, 1.165) is 37.7 Å². The Kier molecular flexibility index (Phi) is 10.1. The molecule has 0 radical (unpaired) electrons. The number of hydrogen-bond acceptors (Lipinski definition) is 5. The number of rotatable bonds is 9. The van der Waals surface area contributed by atoms with Gasteiger partial charge in [-0.25, -0.2) is 9.59 Å². The van der Waals surface area contributed by atoms with Crippen LogP contribution in [-0.2, 0) is 16.1 Å². The van der Waals surface area contributed by atoms with Gasteiger partial charge in [0.1, 0.15) is 12.2 Å². The Labute approximate surface area is 186 Å². The van der Waals surface area contributed by atoms with Crippen molar-refractivity contribution in [1.82, 2.24) is 10.2 Å². The van der Waals surface area contributed by atoms with Gasteiger partial charge < -0.3 is 25.4 Å². The Morgan fingerprint density at radius 1 is 1.10 bits per heavy atom. The normalized spacial score (nSPS) is 18.8. The van der Waals surface area contributed by atoms with Crippen LogP contribution in [0.2, 0.25) is 0 Å². The van der Waals surface area contributed by atoms with Gasteiger partial charge in [0.2, 0.25) is 0 Å². The Balaban J connectivity index is 1.70. The lowest BCUT2D eigenvalue weighted by Gasteiger charge is -2.33. The molecule has 3 N–H and O–H groups in total. The molecule has 7 nitrogen and oxygen atoms in total. The monoisotopic (exact) mass is 433 g/mol. The molecule has 0 bridgehead atoms. The maximum atomic E-state index is 12.5. The molecule has 1 aliphatic carbocycles. The molecule has 7 heteroatoms. The van der Waals surface area contributed by atoms with E-state index in [4.69, 9.17) is 15.2 Å². The van der Waals surface area contributed by atoms with Crippen molar-refractivity contribution in [1.29, 1.82) is 0 Å². The molecule has 0 atom stereocenters. The summed E-state index contributed by atoms with van der Waals surface area (Å²) in [4.78, 5) is 26.3. The van der Waals surface area contributed by atoms with E-state index >= 15 is 0 Å². The molecule has 0 unspecified atom stereocenters. The SMILES string of the molecule is CC(C)(C)OC(=O)N(CCCN)CC1CCC(CNC(=O)OCc2ccccc2)CC1. The highest BCUT2D eigenvalue weighted by molar-refractivity contribution is 5.68. The van der Waals surface area contributed by atoms with E-state index in [-0.39, 0.29) is 18.8 Å². The largest absolute Gasteiger partial charge is 0.445 e. The Morgan fingerprint density at radius 3 is 2.35 bits per heavy atom. The molecular formula is C24H39N3O4. The van der Waals surface area contributed by atoms with Crippen molar-refractivity contribution in [2.45, 2.75) is 65.1 Å². The van der Waals surface area contributed by atoms with Gasteiger partial charge in [-0.15, -0.1) is 0 Å². The summed E-state index contributed by atoms with van der Waals surface area (Å²) in [5.74, 6) is 0.895. The first-order valence-corrected chi connectivity index (χ1v) is 11.4. The van der Waals surface area contributed by atoms with Gasteiger partial charge in [-0.2, -0.15) is 0 Å². The van der Waals surface area contributed by atoms with Crippen LogP contribution in [0.5, 0.6) is 0 Å². The van der Waals surface area contributed by atoms with Crippen LogP contribution in [0.15, 0.2) is 30.3 Å². The summed E-state index contributed by atoms with van der Waals surface area (Å²) in [6.45, 7) is 8.44. The highest BCUT2D eigenvalue weighted by atomic mass is 16.6. The number of nitrogens with two attached hydrogens (primary N) is 1. The van der Waals surface area contributed by atoms with Crippen LogP contribution in [0.4, 0.5) is 9.59 Å². The summed E-state index contributed by atoms with van der Waals surface area (Å²) in [6, 6.07) is 9.65. The zero-order valence-electron chi connectivity index (χ0n) is 19.3. The number of carbonyl (C=O) groups excluding carboxylic acids is 2. The molecule has 0 aliphatic heterocycles. The summed E-state index contributed by atoms with van der Waals surface area (Å²) in [5.41, 5.74) is 6.12. The molecule has 1 fully saturated rings. The smallest absolute Gasteiger partial charge is 0.410 e. The van der Waals surface area contributed by atoms with Gasteiger partial charge in [0.05, 0.1) is 0 Å². The lowest BCUT2D eigenvalue weighted by atomic mass is 9.81. The minimum Gasteiger partial charge on any atom is -0.445 e. The van der Waals surface area contributed by atoms with Crippen molar-refractivity contribution >= 4 is 12.2 Å². The summed E-state index contributed by atoms with van der Waals surface area (Å²) in [5, 5.41) is 2.89. The number of benzene rings is 1. The fourth-order valence-corrected chi connectivity index (χ4v) is 3.80. The predicted octanol–water partition coefficient (Wildman–Crippen LogP) is 4.31. The van der Waals surface area contributed by atoms with Crippen LogP contribution < -0.4 is 11.1 Å². The standard InChI is InChI=1S/C24H39N3O4/c1-24(2,3)31-23(29)27(15-7-14-25)17-20-12-10-19(11-13-20)16-26-22(28)30-18-21-8-5-4-6-9-21/h4-6,8-9,19-20H,7,10-18,25H2,1-3H3,(H,26,28). The van der Waals surface area contributed by atoms with Crippen LogP contribution in [0.3, 0.4) is 0 Å². The van der Waals surface area contributed by atoms with Gasteiger partial charge >= 0.3 is 12.2 Å². The summed E-state index contributed by atoms with van der Waals surface area (Å²) in [6.07, 6.45) is 4.27. The van der Waals surface area contributed by atoms with Crippen molar-refractivity contribution in [2.24, 2.45) is 17.6 Å². The molecule has 1 saturated carbocycles. The quantitative estimate of drug-likeness (QED) is 0.605. The average molecular weight is 434 g/mol. The number of alkyl carbamates (subject to hydrolysis) is 1. The number of amides is 2. The van der Waals surface area contributed by atoms with E-state index in [9.17, 15) is 9.59 Å². The van der Waals surface area contributed by atoms with Crippen molar-refractivity contribution < 1.29 is 19.1 Å². The average Bonchev–Trinajstić information content (AvgIpc) is 2.74. The molecule has 0 heterocycles. The molecule has 0 spiro atoms. The van der Waals surface area contributed by atoms with Gasteiger partial charge in [-0.3, -0.25) is 0 Å². The second-order valence-corrected chi connectivity index (χ2v) is 9.40. The minimum atomic E-state index is -0.503. The fourth-order valence-electron chi connectivity index (χ4n) is 3.80. The van der Waals surface area contributed by atoms with Gasteiger partial charge in [0.15, 0.2) is 0 Å². The molecule has 1 aromatic rings. The third-order valence-electron chi connectivity index (χ3n) is 5.48. The van der Waals surface area contributed by atoms with Crippen LogP contribution >= 0.6 is 0 Å². The number of ether oxygens (including phenoxy) is 2. The Bertz CT molecular complexity index is 667. The Hall–Kier alpha value is -2.28. The Morgan fingerprint density at radius 2 is 1.74 bits per heavy atom. The first-order chi connectivity index (χ1) is 14.8. The number of nitrogens with zero attached hydrogens (tertiary/aromatic N) is 1. The maximum absolute atomic E-state index is 12.5. The topological polar surface area (TPSA) is 93.9 Å². The molecule has 1 aromatic carbocycles. The second-order valence-electron chi connectivity index (χ2n) is 9.40. The van der Waals surface area contributed by atoms with Crippen LogP contribution in [0.1, 0.15) is 58.4 Å². The van der Waals surface area contributed by atoms with Crippen LogP contribution in [0, 0.1) is 11.8 Å². The first kappa shape index (κ1) is 25.0. The third-order valence-corrected chi connectivity index (χ3v) is 5.48. The van der Waals surface area contributed by atoms with E-state index in [1.54, 1.807) is 0 Å². The summed E-state index contributed by atoms with van der Waals surface area (Å²) >= 11 is 0. The van der Waals surface area contributed by atoms with E-state index in [1.165, 1.54) is 0 Å². The summed E-state index contributed by atoms with van der Waals surface area (Å²) < 4.78 is 10.8. The van der Waals surface area contributed by atoms with E-state index in [1.807, 2.05) is 56.0 Å². The van der Waals surface area contributed by atoms with E-state index < -0.39 is 5.60 Å². The third kappa shape index (κ3) is 10.0. The van der Waals surface area contributed by atoms with Crippen LogP contribution in [0.25, 0.3) is 0 Å². The second kappa shape index (κ2) is 12.5. The zero-order valence-corrected chi connectivity index (χ0v) is 19.3. The number of hydrogen-bond donors (Lipinski definition) is 2. The van der Waals surface area contributed by atoms with Crippen molar-refractivity contribution in [2.75, 3.05) is 26.2 Å². The van der Waals surface area contributed by atoms with Gasteiger partial charge in [-0.1, -0.05) is 30.3 Å². The molecule has 2 amide bonds. The lowest BCUT2D eigenvalue weighted by molar-refractivity contribution is 0.0201. The molecule has 0 saturated heterocycles. The van der Waals surface area contributed by atoms with Crippen molar-refractivity contribution in [3.8, 4) is 0 Å². The first-order valence-electron chi connectivity index (χ1n) is 11.4. The molecule has 31 heavy (non-hydrogen) atoms. The highest BCUT2D eigenvalue weighted by Crippen LogP contribution is 2.29. The predicted molar refractivity (Wildman–Crippen MR) is 122 cm³/mol. The van der Waals surface area contributed by atoms with Gasteiger partial charge in [0.25, 0.3) is 0 Å². The maximum Gasteiger partial charge on any atom is 0.410 e. The lowest BCUT2D eigenvalue weighted by Crippen LogP contribution is -2.41. The number of nitrogens with one attached hydrogen (secondary N) is 1. The fraction of sp³-hybridized carbons (Fsp3) is 0.667. The molecular weight excluding hydrogens is 394 g/mol. The minimum absolute atomic E-state index is 0.258. The van der Waals surface area contributed by atoms with Crippen molar-refractivity contribution in [3.63, 3.8) is 0 Å². The van der Waals surface area contributed by atoms with Crippen LogP contribution in [-0.4, -0.2) is 48.9 Å². The van der Waals surface area contributed by atoms with Crippen molar-refractivity contribution in [3.05, 3.63) is 35.9 Å². The molecule has 1 aliphatic rings. The summed E-state index contributed by atoms with van der Waals surface area (Å²) in [7, 11) is 0. The molecule has 0 aromatic heterocycles. The molecule has 174 valence electrons. The molecule has 2 rings (SSSR count). The van der Waals surface area contributed by atoms with E-state index in [0.29, 0.717) is 38.0 Å². The van der Waals surface area contributed by atoms with Gasteiger partial charge in [-0.05, 0) is 76.8 Å².